The summed E-state index contributed by atoms with van der Waals surface area (Å²) >= 11 is 6.73. The zero-order chi connectivity index (χ0) is 23.9. The summed E-state index contributed by atoms with van der Waals surface area (Å²) in [5.74, 6) is -0.0291. The number of hydrogen-bond donors (Lipinski definition) is 1. The number of amides is 1. The van der Waals surface area contributed by atoms with Crippen molar-refractivity contribution in [1.29, 1.82) is 0 Å². The van der Waals surface area contributed by atoms with E-state index in [1.54, 1.807) is 42.5 Å². The molecule has 0 aliphatic heterocycles. The first-order chi connectivity index (χ1) is 16.5. The Balaban J connectivity index is 1.36. The highest BCUT2D eigenvalue weighted by atomic mass is 79.9. The van der Waals surface area contributed by atoms with Crippen LogP contribution in [0.25, 0.3) is 10.8 Å². The van der Waals surface area contributed by atoms with Crippen LogP contribution in [0.5, 0.6) is 11.5 Å². The van der Waals surface area contributed by atoms with Crippen molar-refractivity contribution in [2.75, 3.05) is 6.61 Å². The summed E-state index contributed by atoms with van der Waals surface area (Å²) in [5, 5.41) is 6.09. The van der Waals surface area contributed by atoms with E-state index in [0.717, 1.165) is 19.7 Å². The number of carbonyl (C=O) groups excluding carboxylic acids is 2. The minimum Gasteiger partial charge on any atom is -0.484 e. The van der Waals surface area contributed by atoms with Crippen molar-refractivity contribution < 1.29 is 19.1 Å². The first-order valence-electron chi connectivity index (χ1n) is 10.2. The molecule has 0 radical (unpaired) electrons. The molecule has 0 bridgehead atoms. The molecule has 1 amide bonds. The van der Waals surface area contributed by atoms with Gasteiger partial charge in [0.2, 0.25) is 0 Å². The maximum Gasteiger partial charge on any atom is 0.343 e. The van der Waals surface area contributed by atoms with Crippen molar-refractivity contribution in [2.45, 2.75) is 0 Å². The molecule has 6 nitrogen and oxygen atoms in total. The summed E-state index contributed by atoms with van der Waals surface area (Å²) in [6, 6.07) is 25.5. The molecule has 34 heavy (non-hydrogen) atoms. The average molecular weight is 582 g/mol. The van der Waals surface area contributed by atoms with E-state index in [0.29, 0.717) is 22.6 Å². The van der Waals surface area contributed by atoms with Crippen LogP contribution in [0.4, 0.5) is 0 Å². The van der Waals surface area contributed by atoms with Crippen molar-refractivity contribution in [3.05, 3.63) is 105 Å². The van der Waals surface area contributed by atoms with Crippen LogP contribution < -0.4 is 14.9 Å². The highest BCUT2D eigenvalue weighted by Gasteiger charge is 2.12. The molecular weight excluding hydrogens is 564 g/mol. The molecule has 0 saturated carbocycles. The fourth-order valence-electron chi connectivity index (χ4n) is 3.07. The summed E-state index contributed by atoms with van der Waals surface area (Å²) in [4.78, 5) is 24.6. The van der Waals surface area contributed by atoms with Gasteiger partial charge in [0.25, 0.3) is 5.91 Å². The monoisotopic (exact) mass is 580 g/mol. The van der Waals surface area contributed by atoms with Crippen LogP contribution in [0.1, 0.15) is 15.9 Å². The molecule has 0 fully saturated rings. The number of fused-ring (bicyclic) bond motifs is 1. The molecule has 0 aliphatic rings. The third-order valence-corrected chi connectivity index (χ3v) is 5.76. The van der Waals surface area contributed by atoms with Gasteiger partial charge in [-0.3, -0.25) is 4.79 Å². The lowest BCUT2D eigenvalue weighted by molar-refractivity contribution is -0.123. The number of benzene rings is 4. The molecule has 0 atom stereocenters. The van der Waals surface area contributed by atoms with Crippen LogP contribution in [0, 0.1) is 0 Å². The Bertz CT molecular complexity index is 1370. The Morgan fingerprint density at radius 3 is 2.38 bits per heavy atom. The minimum atomic E-state index is -0.503. The van der Waals surface area contributed by atoms with Crippen LogP contribution in [0.2, 0.25) is 0 Å². The Labute approximate surface area is 212 Å². The van der Waals surface area contributed by atoms with Crippen LogP contribution in [0.3, 0.4) is 0 Å². The summed E-state index contributed by atoms with van der Waals surface area (Å²) in [6.45, 7) is -0.195. The number of nitrogens with one attached hydrogen (secondary N) is 1. The zero-order valence-corrected chi connectivity index (χ0v) is 20.9. The first-order valence-corrected chi connectivity index (χ1v) is 11.8. The van der Waals surface area contributed by atoms with Gasteiger partial charge in [-0.1, -0.05) is 62.2 Å². The van der Waals surface area contributed by atoms with Crippen LogP contribution in [-0.2, 0) is 4.79 Å². The molecule has 1 N–H and O–H groups in total. The fourth-order valence-corrected chi connectivity index (χ4v) is 3.71. The molecule has 0 unspecified atom stereocenters. The molecule has 0 spiro atoms. The van der Waals surface area contributed by atoms with Crippen molar-refractivity contribution >= 4 is 60.7 Å². The third kappa shape index (κ3) is 6.30. The van der Waals surface area contributed by atoms with E-state index in [4.69, 9.17) is 9.47 Å². The number of carbonyl (C=O) groups is 2. The lowest BCUT2D eigenvalue weighted by Crippen LogP contribution is -2.24. The van der Waals surface area contributed by atoms with Gasteiger partial charge in [-0.25, -0.2) is 10.2 Å². The Hall–Kier alpha value is -3.49. The normalized spacial score (nSPS) is 10.9. The van der Waals surface area contributed by atoms with E-state index in [1.165, 1.54) is 6.21 Å². The predicted octanol–water partition coefficient (Wildman–Crippen LogP) is 6.11. The van der Waals surface area contributed by atoms with Crippen LogP contribution in [0.15, 0.2) is 99.0 Å². The number of hydrazone groups is 1. The van der Waals surface area contributed by atoms with E-state index in [2.05, 4.69) is 42.4 Å². The van der Waals surface area contributed by atoms with E-state index >= 15 is 0 Å². The zero-order valence-electron chi connectivity index (χ0n) is 17.7. The van der Waals surface area contributed by atoms with Crippen LogP contribution >= 0.6 is 31.9 Å². The number of esters is 1. The van der Waals surface area contributed by atoms with E-state index < -0.39 is 11.9 Å². The lowest BCUT2D eigenvalue weighted by atomic mass is 10.1. The van der Waals surface area contributed by atoms with Crippen molar-refractivity contribution in [1.82, 2.24) is 5.43 Å². The second-order valence-electron chi connectivity index (χ2n) is 7.17. The summed E-state index contributed by atoms with van der Waals surface area (Å²) < 4.78 is 12.7. The van der Waals surface area contributed by atoms with E-state index in [1.807, 2.05) is 42.5 Å². The number of nitrogens with zero attached hydrogens (tertiary/aromatic N) is 1. The third-order valence-electron chi connectivity index (χ3n) is 4.74. The number of hydrogen-bond acceptors (Lipinski definition) is 5. The topological polar surface area (TPSA) is 77.0 Å². The van der Waals surface area contributed by atoms with Crippen molar-refractivity contribution in [3.8, 4) is 11.5 Å². The maximum absolute atomic E-state index is 12.5. The Morgan fingerprint density at radius 2 is 1.59 bits per heavy atom. The molecule has 0 heterocycles. The molecular formula is C26H18Br2N2O4. The highest BCUT2D eigenvalue weighted by Crippen LogP contribution is 2.23. The molecule has 8 heteroatoms. The highest BCUT2D eigenvalue weighted by molar-refractivity contribution is 9.10. The van der Waals surface area contributed by atoms with E-state index in [9.17, 15) is 9.59 Å². The summed E-state index contributed by atoms with van der Waals surface area (Å²) in [5.41, 5.74) is 3.34. The standard InChI is InChI=1S/C26H18Br2N2O4/c27-21-8-5-18(6-9-21)26(32)34-24-12-10-22(28)13-20(24)15-29-30-25(31)16-33-23-11-7-17-3-1-2-4-19(17)14-23/h1-15H,16H2,(H,30,31). The second kappa shape index (κ2) is 11.1. The fraction of sp³-hybridized carbons (Fsp3) is 0.0385. The SMILES string of the molecule is O=C(COc1ccc2ccccc2c1)NN=Cc1cc(Br)ccc1OC(=O)c1ccc(Br)cc1. The number of halogens is 2. The molecule has 4 aromatic rings. The quantitative estimate of drug-likeness (QED) is 0.124. The minimum absolute atomic E-state index is 0.195. The molecule has 0 saturated heterocycles. The van der Waals surface area contributed by atoms with Gasteiger partial charge in [-0.05, 0) is 65.4 Å². The van der Waals surface area contributed by atoms with Gasteiger partial charge in [-0.15, -0.1) is 0 Å². The van der Waals surface area contributed by atoms with Crippen molar-refractivity contribution in [2.24, 2.45) is 5.10 Å². The predicted molar refractivity (Wildman–Crippen MR) is 138 cm³/mol. The van der Waals surface area contributed by atoms with Gasteiger partial charge >= 0.3 is 5.97 Å². The molecule has 0 aliphatic carbocycles. The maximum atomic E-state index is 12.5. The Morgan fingerprint density at radius 1 is 0.853 bits per heavy atom. The summed E-state index contributed by atoms with van der Waals surface area (Å²) in [6.07, 6.45) is 1.41. The second-order valence-corrected chi connectivity index (χ2v) is 9.00. The van der Waals surface area contributed by atoms with Gasteiger partial charge in [0.05, 0.1) is 11.8 Å². The molecule has 170 valence electrons. The van der Waals surface area contributed by atoms with E-state index in [-0.39, 0.29) is 6.61 Å². The molecule has 4 rings (SSSR count). The van der Waals surface area contributed by atoms with Gasteiger partial charge in [0.1, 0.15) is 11.5 Å². The summed E-state index contributed by atoms with van der Waals surface area (Å²) in [7, 11) is 0. The largest absolute Gasteiger partial charge is 0.484 e. The number of rotatable bonds is 7. The average Bonchev–Trinajstić information content (AvgIpc) is 2.84. The molecule has 0 aromatic heterocycles. The van der Waals surface area contributed by atoms with Crippen LogP contribution in [-0.4, -0.2) is 24.7 Å². The van der Waals surface area contributed by atoms with Gasteiger partial charge in [0, 0.05) is 14.5 Å². The van der Waals surface area contributed by atoms with Gasteiger partial charge in [0.15, 0.2) is 6.61 Å². The van der Waals surface area contributed by atoms with Gasteiger partial charge in [-0.2, -0.15) is 5.10 Å². The number of ether oxygens (including phenoxy) is 2. The molecule has 4 aromatic carbocycles. The van der Waals surface area contributed by atoms with Crippen molar-refractivity contribution in [3.63, 3.8) is 0 Å². The lowest BCUT2D eigenvalue weighted by Gasteiger charge is -2.08. The Kier molecular flexibility index (Phi) is 7.72. The van der Waals surface area contributed by atoms with Gasteiger partial charge < -0.3 is 9.47 Å². The first kappa shape index (κ1) is 23.7. The smallest absolute Gasteiger partial charge is 0.343 e.